The number of nitrogens with one attached hydrogen (secondary N) is 1. The number of aliphatic hydroxyl groups excluding tert-OH is 1. The van der Waals surface area contributed by atoms with Crippen LogP contribution in [0, 0.1) is 11.8 Å². The summed E-state index contributed by atoms with van der Waals surface area (Å²) < 4.78 is 0. The van der Waals surface area contributed by atoms with Crippen LogP contribution in [0.2, 0.25) is 0 Å². The van der Waals surface area contributed by atoms with Crippen molar-refractivity contribution in [3.63, 3.8) is 0 Å². The molecular weight excluding hydrogens is 274 g/mol. The van der Waals surface area contributed by atoms with Gasteiger partial charge in [-0.3, -0.25) is 4.79 Å². The van der Waals surface area contributed by atoms with Crippen LogP contribution in [0.25, 0.3) is 0 Å². The van der Waals surface area contributed by atoms with Crippen LogP contribution < -0.4 is 5.32 Å². The monoisotopic (exact) mass is 303 g/mol. The lowest BCUT2D eigenvalue weighted by molar-refractivity contribution is -0.125. The van der Waals surface area contributed by atoms with Gasteiger partial charge in [0.25, 0.3) is 0 Å². The Labute approximate surface area is 134 Å². The Morgan fingerprint density at radius 1 is 1.27 bits per heavy atom. The van der Waals surface area contributed by atoms with Crippen LogP contribution in [-0.4, -0.2) is 23.5 Å². The SMILES string of the molecule is CC1CCCCC1C(=O)CCNC(C)C(O)c1ccccc1. The number of ketones is 1. The smallest absolute Gasteiger partial charge is 0.137 e. The number of hydrogen-bond donors (Lipinski definition) is 2. The highest BCUT2D eigenvalue weighted by molar-refractivity contribution is 5.81. The van der Waals surface area contributed by atoms with Crippen molar-refractivity contribution in [1.82, 2.24) is 5.32 Å². The van der Waals surface area contributed by atoms with Crippen molar-refractivity contribution in [1.29, 1.82) is 0 Å². The molecule has 0 bridgehead atoms. The number of hydrogen-bond acceptors (Lipinski definition) is 3. The first-order chi connectivity index (χ1) is 10.6. The highest BCUT2D eigenvalue weighted by Gasteiger charge is 2.27. The molecule has 1 saturated carbocycles. The highest BCUT2D eigenvalue weighted by Crippen LogP contribution is 2.30. The van der Waals surface area contributed by atoms with Crippen LogP contribution in [-0.2, 0) is 4.79 Å². The molecule has 3 nitrogen and oxygen atoms in total. The maximum absolute atomic E-state index is 12.3. The number of carbonyl (C=O) groups excluding carboxylic acids is 1. The molecular formula is C19H29NO2. The quantitative estimate of drug-likeness (QED) is 0.810. The second-order valence-corrected chi connectivity index (χ2v) is 6.68. The Hall–Kier alpha value is -1.19. The normalized spacial score (nSPS) is 24.7. The summed E-state index contributed by atoms with van der Waals surface area (Å²) in [4.78, 5) is 12.3. The number of aliphatic hydroxyl groups is 1. The third kappa shape index (κ3) is 4.65. The predicted molar refractivity (Wildman–Crippen MR) is 89.6 cm³/mol. The molecule has 0 spiro atoms. The third-order valence-corrected chi connectivity index (χ3v) is 4.98. The molecule has 0 aliphatic heterocycles. The number of rotatable bonds is 7. The van der Waals surface area contributed by atoms with Gasteiger partial charge in [0.15, 0.2) is 0 Å². The van der Waals surface area contributed by atoms with Gasteiger partial charge in [0.2, 0.25) is 0 Å². The van der Waals surface area contributed by atoms with Crippen LogP contribution in [0.15, 0.2) is 30.3 Å². The van der Waals surface area contributed by atoms with E-state index in [0.29, 0.717) is 24.7 Å². The molecule has 4 unspecified atom stereocenters. The molecule has 3 heteroatoms. The van der Waals surface area contributed by atoms with E-state index in [2.05, 4.69) is 12.2 Å². The van der Waals surface area contributed by atoms with Gasteiger partial charge in [-0.05, 0) is 24.8 Å². The topological polar surface area (TPSA) is 49.3 Å². The largest absolute Gasteiger partial charge is 0.387 e. The molecule has 1 aliphatic rings. The molecule has 2 N–H and O–H groups in total. The van der Waals surface area contributed by atoms with E-state index < -0.39 is 6.10 Å². The fraction of sp³-hybridized carbons (Fsp3) is 0.632. The molecule has 2 rings (SSSR count). The van der Waals surface area contributed by atoms with E-state index in [1.807, 2.05) is 37.3 Å². The summed E-state index contributed by atoms with van der Waals surface area (Å²) in [6.07, 6.45) is 4.74. The molecule has 1 aliphatic carbocycles. The van der Waals surface area contributed by atoms with Gasteiger partial charge < -0.3 is 10.4 Å². The number of Topliss-reactive ketones (excluding diaryl/α,β-unsaturated/α-hetero) is 1. The van der Waals surface area contributed by atoms with Gasteiger partial charge in [0.05, 0.1) is 6.10 Å². The number of benzene rings is 1. The van der Waals surface area contributed by atoms with Crippen molar-refractivity contribution in [2.75, 3.05) is 6.54 Å². The van der Waals surface area contributed by atoms with Gasteiger partial charge in [0, 0.05) is 24.9 Å². The van der Waals surface area contributed by atoms with Gasteiger partial charge in [-0.25, -0.2) is 0 Å². The van der Waals surface area contributed by atoms with E-state index in [0.717, 1.165) is 12.0 Å². The zero-order valence-corrected chi connectivity index (χ0v) is 13.8. The zero-order chi connectivity index (χ0) is 15.9. The van der Waals surface area contributed by atoms with Crippen molar-refractivity contribution < 1.29 is 9.90 Å². The lowest BCUT2D eigenvalue weighted by atomic mass is 9.77. The first kappa shape index (κ1) is 17.2. The van der Waals surface area contributed by atoms with E-state index >= 15 is 0 Å². The van der Waals surface area contributed by atoms with Crippen molar-refractivity contribution in [3.8, 4) is 0 Å². The fourth-order valence-corrected chi connectivity index (χ4v) is 3.45. The lowest BCUT2D eigenvalue weighted by Crippen LogP contribution is -2.35. The Morgan fingerprint density at radius 3 is 2.64 bits per heavy atom. The van der Waals surface area contributed by atoms with Gasteiger partial charge in [0.1, 0.15) is 5.78 Å². The fourth-order valence-electron chi connectivity index (χ4n) is 3.45. The van der Waals surface area contributed by atoms with Crippen molar-refractivity contribution in [2.24, 2.45) is 11.8 Å². The van der Waals surface area contributed by atoms with Crippen LogP contribution in [0.4, 0.5) is 0 Å². The lowest BCUT2D eigenvalue weighted by Gasteiger charge is -2.28. The van der Waals surface area contributed by atoms with Crippen LogP contribution in [0.1, 0.15) is 57.6 Å². The molecule has 1 aromatic carbocycles. The molecule has 0 heterocycles. The molecule has 0 amide bonds. The summed E-state index contributed by atoms with van der Waals surface area (Å²) in [6.45, 7) is 4.81. The summed E-state index contributed by atoms with van der Waals surface area (Å²) in [5.41, 5.74) is 0.912. The van der Waals surface area contributed by atoms with Crippen LogP contribution >= 0.6 is 0 Å². The molecule has 122 valence electrons. The van der Waals surface area contributed by atoms with Crippen molar-refractivity contribution in [2.45, 2.75) is 58.1 Å². The molecule has 1 aromatic rings. The number of carbonyl (C=O) groups is 1. The molecule has 22 heavy (non-hydrogen) atoms. The second-order valence-electron chi connectivity index (χ2n) is 6.68. The molecule has 0 radical (unpaired) electrons. The summed E-state index contributed by atoms with van der Waals surface area (Å²) in [7, 11) is 0. The first-order valence-electron chi connectivity index (χ1n) is 8.58. The Bertz CT molecular complexity index is 460. The van der Waals surface area contributed by atoms with Crippen molar-refractivity contribution in [3.05, 3.63) is 35.9 Å². The standard InChI is InChI=1S/C19H29NO2/c1-14-8-6-7-11-17(14)18(21)12-13-20-15(2)19(22)16-9-4-3-5-10-16/h3-5,9-10,14-15,17,19-20,22H,6-8,11-13H2,1-2H3. The zero-order valence-electron chi connectivity index (χ0n) is 13.8. The van der Waals surface area contributed by atoms with Gasteiger partial charge >= 0.3 is 0 Å². The third-order valence-electron chi connectivity index (χ3n) is 4.98. The first-order valence-corrected chi connectivity index (χ1v) is 8.58. The Balaban J connectivity index is 1.74. The van der Waals surface area contributed by atoms with Gasteiger partial charge in [-0.2, -0.15) is 0 Å². The highest BCUT2D eigenvalue weighted by atomic mass is 16.3. The van der Waals surface area contributed by atoms with Gasteiger partial charge in [-0.15, -0.1) is 0 Å². The van der Waals surface area contributed by atoms with Crippen LogP contribution in [0.3, 0.4) is 0 Å². The average molecular weight is 303 g/mol. The van der Waals surface area contributed by atoms with Crippen molar-refractivity contribution >= 4 is 5.78 Å². The molecule has 0 aromatic heterocycles. The Kier molecular flexibility index (Phi) is 6.59. The van der Waals surface area contributed by atoms with E-state index in [1.54, 1.807) is 0 Å². The minimum absolute atomic E-state index is 0.0565. The average Bonchev–Trinajstić information content (AvgIpc) is 2.55. The van der Waals surface area contributed by atoms with Crippen LogP contribution in [0.5, 0.6) is 0 Å². The molecule has 4 atom stereocenters. The van der Waals surface area contributed by atoms with E-state index in [-0.39, 0.29) is 12.0 Å². The summed E-state index contributed by atoms with van der Waals surface area (Å²) >= 11 is 0. The Morgan fingerprint density at radius 2 is 1.95 bits per heavy atom. The minimum Gasteiger partial charge on any atom is -0.387 e. The van der Waals surface area contributed by atoms with Gasteiger partial charge in [-0.1, -0.05) is 56.5 Å². The summed E-state index contributed by atoms with van der Waals surface area (Å²) in [6, 6.07) is 9.60. The molecule has 1 fully saturated rings. The van der Waals surface area contributed by atoms with E-state index in [1.165, 1.54) is 19.3 Å². The van der Waals surface area contributed by atoms with E-state index in [4.69, 9.17) is 0 Å². The molecule has 0 saturated heterocycles. The second kappa shape index (κ2) is 8.44. The summed E-state index contributed by atoms with van der Waals surface area (Å²) in [5.74, 6) is 1.18. The summed E-state index contributed by atoms with van der Waals surface area (Å²) in [5, 5.41) is 13.6. The maximum Gasteiger partial charge on any atom is 0.137 e. The maximum atomic E-state index is 12.3. The van der Waals surface area contributed by atoms with E-state index in [9.17, 15) is 9.90 Å². The predicted octanol–water partition coefficient (Wildman–Crippen LogP) is 3.48. The minimum atomic E-state index is -0.537.